The first-order valence-corrected chi connectivity index (χ1v) is 31.3. The lowest BCUT2D eigenvalue weighted by atomic mass is 9.79. The smallest absolute Gasteiger partial charge is 0.131 e. The van der Waals surface area contributed by atoms with Gasteiger partial charge in [-0.15, -0.1) is 0 Å². The van der Waals surface area contributed by atoms with E-state index in [1.54, 1.807) is 24.3 Å². The molecule has 0 nitrogen and oxygen atoms in total. The number of halogens is 4. The third kappa shape index (κ3) is 17.0. The van der Waals surface area contributed by atoms with Crippen molar-refractivity contribution in [3.63, 3.8) is 0 Å². The third-order valence-corrected chi connectivity index (χ3v) is 17.5. The zero-order valence-electron chi connectivity index (χ0n) is 51.8. The molecular weight excluding hydrogens is 1080 g/mol. The van der Waals surface area contributed by atoms with Gasteiger partial charge in [0.25, 0.3) is 0 Å². The van der Waals surface area contributed by atoms with Crippen LogP contribution in [0.4, 0.5) is 17.6 Å². The van der Waals surface area contributed by atoms with Crippen LogP contribution in [-0.4, -0.2) is 0 Å². The van der Waals surface area contributed by atoms with Crippen molar-refractivity contribution in [3.05, 3.63) is 333 Å². The maximum absolute atomic E-state index is 14.2. The van der Waals surface area contributed by atoms with Gasteiger partial charge in [-0.2, -0.15) is 0 Å². The standard InChI is InChI=1S/C28H24F2.C28H31F.C28H25F/c1-19-3-15-25(27(29)17-19)23-11-7-21(8-12-23)5-6-22-9-13-24(14-10-22)26-16-4-20(2)18-28(26)30;2*1-20-3-12-24(13-4-20)25-14-8-22(9-15-25)6-7-23-10-16-26(17-11-23)27-18-5-21(2)19-28(27)29/h3-4,7-18H,5-6H2,1-2H3;5,8-11,14-20,24H,3-4,6-7,12-13H2,1-2H3;3-5,8-19H,6-7H2,1-2H3. The molecule has 4 heteroatoms. The van der Waals surface area contributed by atoms with Gasteiger partial charge < -0.3 is 0 Å². The van der Waals surface area contributed by atoms with Crippen LogP contribution in [-0.2, 0) is 38.5 Å². The average Bonchev–Trinajstić information content (AvgIpc) is 3.70. The van der Waals surface area contributed by atoms with Gasteiger partial charge in [-0.25, -0.2) is 17.6 Å². The van der Waals surface area contributed by atoms with E-state index in [-0.39, 0.29) is 23.3 Å². The largest absolute Gasteiger partial charge is 0.206 e. The lowest BCUT2D eigenvalue weighted by molar-refractivity contribution is 0.348. The van der Waals surface area contributed by atoms with Crippen molar-refractivity contribution in [1.82, 2.24) is 0 Å². The molecule has 0 N–H and O–H groups in total. The Bertz CT molecular complexity index is 3920. The Morgan fingerprint density at radius 3 is 0.716 bits per heavy atom. The quantitative estimate of drug-likeness (QED) is 0.0898. The van der Waals surface area contributed by atoms with E-state index < -0.39 is 0 Å². The van der Waals surface area contributed by atoms with Gasteiger partial charge in [-0.1, -0.05) is 244 Å². The molecule has 0 aromatic heterocycles. The summed E-state index contributed by atoms with van der Waals surface area (Å²) in [7, 11) is 0. The van der Waals surface area contributed by atoms with Crippen molar-refractivity contribution in [2.75, 3.05) is 0 Å². The molecule has 0 atom stereocenters. The van der Waals surface area contributed by atoms with E-state index in [9.17, 15) is 17.6 Å². The van der Waals surface area contributed by atoms with E-state index in [0.29, 0.717) is 22.3 Å². The predicted molar refractivity (Wildman–Crippen MR) is 362 cm³/mol. The summed E-state index contributed by atoms with van der Waals surface area (Å²) in [6.07, 6.45) is 11.2. The Labute approximate surface area is 520 Å². The molecule has 12 rings (SSSR count). The van der Waals surface area contributed by atoms with E-state index in [0.717, 1.165) is 94.9 Å². The van der Waals surface area contributed by atoms with Crippen molar-refractivity contribution in [3.8, 4) is 55.6 Å². The number of benzene rings is 11. The maximum Gasteiger partial charge on any atom is 0.131 e. The second kappa shape index (κ2) is 29.7. The molecule has 1 saturated carbocycles. The molecule has 0 radical (unpaired) electrons. The van der Waals surface area contributed by atoms with Crippen molar-refractivity contribution < 1.29 is 17.6 Å². The zero-order valence-corrected chi connectivity index (χ0v) is 51.8. The molecule has 0 aliphatic heterocycles. The molecule has 0 amide bonds. The Balaban J connectivity index is 0.000000146. The minimum Gasteiger partial charge on any atom is -0.206 e. The molecule has 1 aliphatic rings. The predicted octanol–water partition coefficient (Wildman–Crippen LogP) is 23.1. The fourth-order valence-electron chi connectivity index (χ4n) is 11.8. The highest BCUT2D eigenvalue weighted by Gasteiger charge is 2.20. The molecule has 11 aromatic rings. The Hall–Kier alpha value is -8.86. The monoisotopic (exact) mass is 1160 g/mol. The summed E-state index contributed by atoms with van der Waals surface area (Å²) in [5.41, 5.74) is 23.0. The van der Waals surface area contributed by atoms with Crippen LogP contribution in [0.1, 0.15) is 105 Å². The minimum atomic E-state index is -0.187. The fraction of sp³-hybridized carbons (Fsp3) is 0.214. The molecule has 0 heterocycles. The molecule has 0 saturated heterocycles. The van der Waals surface area contributed by atoms with Gasteiger partial charge in [0.1, 0.15) is 23.3 Å². The summed E-state index contributed by atoms with van der Waals surface area (Å²) < 4.78 is 56.7. The summed E-state index contributed by atoms with van der Waals surface area (Å²) >= 11 is 0. The second-order valence-corrected chi connectivity index (χ2v) is 24.5. The van der Waals surface area contributed by atoms with Crippen LogP contribution >= 0.6 is 0 Å². The highest BCUT2D eigenvalue weighted by molar-refractivity contribution is 5.68. The summed E-state index contributed by atoms with van der Waals surface area (Å²) in [4.78, 5) is 0. The van der Waals surface area contributed by atoms with Gasteiger partial charge in [0, 0.05) is 22.3 Å². The van der Waals surface area contributed by atoms with Crippen LogP contribution in [0.3, 0.4) is 0 Å². The van der Waals surface area contributed by atoms with E-state index in [2.05, 4.69) is 135 Å². The Kier molecular flexibility index (Phi) is 21.0. The van der Waals surface area contributed by atoms with Crippen LogP contribution in [0, 0.1) is 63.8 Å². The first kappa shape index (κ1) is 62.2. The molecular formula is C84H80F4. The van der Waals surface area contributed by atoms with Crippen LogP contribution < -0.4 is 0 Å². The van der Waals surface area contributed by atoms with Gasteiger partial charge in [0.2, 0.25) is 0 Å². The van der Waals surface area contributed by atoms with Gasteiger partial charge in [-0.05, 0) is 217 Å². The summed E-state index contributed by atoms with van der Waals surface area (Å²) in [5.74, 6) is 0.978. The Morgan fingerprint density at radius 2 is 0.466 bits per heavy atom. The minimum absolute atomic E-state index is 0.148. The maximum atomic E-state index is 14.2. The number of rotatable bonds is 15. The van der Waals surface area contributed by atoms with Gasteiger partial charge in [0.05, 0.1) is 0 Å². The number of hydrogen-bond donors (Lipinski definition) is 0. The Morgan fingerprint density at radius 1 is 0.250 bits per heavy atom. The van der Waals surface area contributed by atoms with Crippen LogP contribution in [0.25, 0.3) is 55.6 Å². The van der Waals surface area contributed by atoms with Crippen LogP contribution in [0.2, 0.25) is 0 Å². The first-order chi connectivity index (χ1) is 42.7. The molecule has 0 bridgehead atoms. The summed E-state index contributed by atoms with van der Waals surface area (Å²) in [5, 5.41) is 0. The first-order valence-electron chi connectivity index (χ1n) is 31.3. The number of aryl methyl sites for hydroxylation is 11. The topological polar surface area (TPSA) is 0 Å². The van der Waals surface area contributed by atoms with Crippen molar-refractivity contribution in [2.45, 2.75) is 112 Å². The molecule has 11 aromatic carbocycles. The highest BCUT2D eigenvalue weighted by Crippen LogP contribution is 2.36. The van der Waals surface area contributed by atoms with E-state index in [4.69, 9.17) is 0 Å². The van der Waals surface area contributed by atoms with Gasteiger partial charge >= 0.3 is 0 Å². The van der Waals surface area contributed by atoms with Crippen molar-refractivity contribution in [1.29, 1.82) is 0 Å². The lowest BCUT2D eigenvalue weighted by Gasteiger charge is -2.26. The molecule has 0 unspecified atom stereocenters. The van der Waals surface area contributed by atoms with E-state index in [1.165, 1.54) is 81.3 Å². The lowest BCUT2D eigenvalue weighted by Crippen LogP contribution is -2.10. The third-order valence-electron chi connectivity index (χ3n) is 17.5. The van der Waals surface area contributed by atoms with Gasteiger partial charge in [-0.3, -0.25) is 0 Å². The normalized spacial score (nSPS) is 13.7. The SMILES string of the molecule is Cc1ccc(-c2ccc(CCc3ccc(-c4ccc(C)cc4F)cc3)cc2)c(F)c1.Cc1ccc(-c2ccc(CCc3ccc(-c4ccc(C)cc4F)cc3)cc2)cc1.Cc1ccc(-c2ccc(CCc3ccc(C4CCC(C)CC4)cc3)cc2)c(F)c1. The molecule has 444 valence electrons. The summed E-state index contributed by atoms with van der Waals surface area (Å²) in [6.45, 7) is 12.1. The highest BCUT2D eigenvalue weighted by atomic mass is 19.1. The molecule has 0 spiro atoms. The van der Waals surface area contributed by atoms with Crippen LogP contribution in [0.15, 0.2) is 243 Å². The zero-order chi connectivity index (χ0) is 61.5. The van der Waals surface area contributed by atoms with Gasteiger partial charge in [0.15, 0.2) is 0 Å². The van der Waals surface area contributed by atoms with E-state index in [1.807, 2.05) is 125 Å². The van der Waals surface area contributed by atoms with Crippen LogP contribution in [0.5, 0.6) is 0 Å². The van der Waals surface area contributed by atoms with E-state index >= 15 is 0 Å². The number of hydrogen-bond acceptors (Lipinski definition) is 0. The molecule has 1 aliphatic carbocycles. The summed E-state index contributed by atoms with van der Waals surface area (Å²) in [6, 6.07) is 81.0. The molecule has 1 fully saturated rings. The molecule has 88 heavy (non-hydrogen) atoms. The van der Waals surface area contributed by atoms with Crippen molar-refractivity contribution in [2.24, 2.45) is 5.92 Å². The average molecular weight is 1170 g/mol. The second-order valence-electron chi connectivity index (χ2n) is 24.5. The fourth-order valence-corrected chi connectivity index (χ4v) is 11.8. The van der Waals surface area contributed by atoms with Crippen molar-refractivity contribution >= 4 is 0 Å².